The second-order valence-corrected chi connectivity index (χ2v) is 7.68. The lowest BCUT2D eigenvalue weighted by Crippen LogP contribution is -2.31. The number of amides is 2. The Hall–Kier alpha value is -2.82. The van der Waals surface area contributed by atoms with Crippen LogP contribution < -0.4 is 15.4 Å². The Morgan fingerprint density at radius 1 is 1.04 bits per heavy atom. The van der Waals surface area contributed by atoms with E-state index >= 15 is 0 Å². The number of fused-ring (bicyclic) bond motifs is 2. The number of hydrogen-bond donors (Lipinski definition) is 2. The topological polar surface area (TPSA) is 67.4 Å². The van der Waals surface area contributed by atoms with Crippen molar-refractivity contribution in [1.29, 1.82) is 0 Å². The average molecular weight is 378 g/mol. The Balaban J connectivity index is 1.32. The highest BCUT2D eigenvalue weighted by Gasteiger charge is 2.17. The second-order valence-electron chi connectivity index (χ2n) is 7.68. The maximum atomic E-state index is 12.3. The Labute approximate surface area is 165 Å². The van der Waals surface area contributed by atoms with Crippen LogP contribution in [0.25, 0.3) is 0 Å². The lowest BCUT2D eigenvalue weighted by Gasteiger charge is -2.20. The molecule has 1 aliphatic heterocycles. The fourth-order valence-electron chi connectivity index (χ4n) is 3.99. The first-order valence-electron chi connectivity index (χ1n) is 10.0. The van der Waals surface area contributed by atoms with Crippen molar-refractivity contribution < 1.29 is 14.3 Å². The highest BCUT2D eigenvalue weighted by molar-refractivity contribution is 5.94. The number of nitrogens with one attached hydrogen (secondary N) is 2. The predicted molar refractivity (Wildman–Crippen MR) is 109 cm³/mol. The van der Waals surface area contributed by atoms with Crippen LogP contribution in [0.2, 0.25) is 0 Å². The molecular formula is C23H26N2O3. The van der Waals surface area contributed by atoms with Gasteiger partial charge in [0.15, 0.2) is 6.61 Å². The minimum atomic E-state index is -0.142. The van der Waals surface area contributed by atoms with Crippen molar-refractivity contribution in [3.05, 3.63) is 58.7 Å². The molecule has 5 nitrogen and oxygen atoms in total. The fourth-order valence-corrected chi connectivity index (χ4v) is 3.99. The second kappa shape index (κ2) is 8.05. The van der Waals surface area contributed by atoms with Crippen molar-refractivity contribution >= 4 is 17.5 Å². The zero-order valence-corrected chi connectivity index (χ0v) is 16.2. The summed E-state index contributed by atoms with van der Waals surface area (Å²) in [5.41, 5.74) is 5.87. The zero-order valence-electron chi connectivity index (χ0n) is 16.2. The molecule has 2 aliphatic rings. The van der Waals surface area contributed by atoms with Crippen molar-refractivity contribution in [1.82, 2.24) is 5.32 Å². The fraction of sp³-hybridized carbons (Fsp3) is 0.391. The molecule has 1 heterocycles. The molecule has 1 atom stereocenters. The largest absolute Gasteiger partial charge is 0.484 e. The van der Waals surface area contributed by atoms with Crippen molar-refractivity contribution in [2.24, 2.45) is 0 Å². The molecule has 0 aromatic heterocycles. The lowest BCUT2D eigenvalue weighted by atomic mass is 9.89. The molecule has 0 fully saturated rings. The summed E-state index contributed by atoms with van der Waals surface area (Å²) in [7, 11) is 0. The predicted octanol–water partition coefficient (Wildman–Crippen LogP) is 3.71. The van der Waals surface area contributed by atoms with E-state index in [1.165, 1.54) is 24.0 Å². The van der Waals surface area contributed by atoms with Gasteiger partial charge in [0.1, 0.15) is 5.75 Å². The van der Waals surface area contributed by atoms with Gasteiger partial charge < -0.3 is 15.4 Å². The molecule has 5 heteroatoms. The number of carbonyl (C=O) groups excluding carboxylic acids is 2. The molecular weight excluding hydrogens is 352 g/mol. The molecule has 2 amide bonds. The van der Waals surface area contributed by atoms with Crippen LogP contribution in [-0.4, -0.2) is 18.4 Å². The first kappa shape index (κ1) is 18.5. The Morgan fingerprint density at radius 2 is 1.86 bits per heavy atom. The van der Waals surface area contributed by atoms with E-state index in [0.29, 0.717) is 18.6 Å². The molecule has 0 saturated heterocycles. The van der Waals surface area contributed by atoms with Gasteiger partial charge in [-0.25, -0.2) is 0 Å². The summed E-state index contributed by atoms with van der Waals surface area (Å²) in [4.78, 5) is 23.8. The zero-order chi connectivity index (χ0) is 19.5. The van der Waals surface area contributed by atoms with Gasteiger partial charge in [0.25, 0.3) is 5.91 Å². The van der Waals surface area contributed by atoms with Crippen molar-refractivity contribution in [3.8, 4) is 5.75 Å². The molecule has 0 unspecified atom stereocenters. The smallest absolute Gasteiger partial charge is 0.258 e. The molecule has 2 aromatic rings. The van der Waals surface area contributed by atoms with Crippen LogP contribution in [0.1, 0.15) is 54.5 Å². The van der Waals surface area contributed by atoms with E-state index in [0.717, 1.165) is 29.7 Å². The average Bonchev–Trinajstić information content (AvgIpc) is 2.71. The van der Waals surface area contributed by atoms with E-state index < -0.39 is 0 Å². The maximum Gasteiger partial charge on any atom is 0.258 e. The lowest BCUT2D eigenvalue weighted by molar-refractivity contribution is -0.123. The van der Waals surface area contributed by atoms with E-state index in [9.17, 15) is 9.59 Å². The molecule has 2 aromatic carbocycles. The third-order valence-corrected chi connectivity index (χ3v) is 5.59. The van der Waals surface area contributed by atoms with Gasteiger partial charge in [0.05, 0.1) is 6.04 Å². The van der Waals surface area contributed by atoms with Crippen LogP contribution in [-0.2, 0) is 28.9 Å². The van der Waals surface area contributed by atoms with Gasteiger partial charge >= 0.3 is 0 Å². The molecule has 1 aliphatic carbocycles. The number of carbonyl (C=O) groups is 2. The molecule has 0 saturated carbocycles. The first-order valence-corrected chi connectivity index (χ1v) is 10.0. The molecule has 146 valence electrons. The van der Waals surface area contributed by atoms with Gasteiger partial charge in [0.2, 0.25) is 5.91 Å². The van der Waals surface area contributed by atoms with Crippen LogP contribution in [0.3, 0.4) is 0 Å². The molecule has 4 rings (SSSR count). The van der Waals surface area contributed by atoms with E-state index in [-0.39, 0.29) is 24.5 Å². The number of benzene rings is 2. The summed E-state index contributed by atoms with van der Waals surface area (Å²) in [6.07, 6.45) is 5.98. The highest BCUT2D eigenvalue weighted by atomic mass is 16.5. The van der Waals surface area contributed by atoms with E-state index in [1.807, 2.05) is 19.1 Å². The van der Waals surface area contributed by atoms with Crippen LogP contribution in [0.5, 0.6) is 5.75 Å². The van der Waals surface area contributed by atoms with Crippen LogP contribution in [0.15, 0.2) is 36.4 Å². The molecule has 2 N–H and O–H groups in total. The van der Waals surface area contributed by atoms with Gasteiger partial charge in [-0.1, -0.05) is 18.2 Å². The maximum absolute atomic E-state index is 12.3. The van der Waals surface area contributed by atoms with E-state index in [4.69, 9.17) is 4.74 Å². The number of aryl methyl sites for hydroxylation is 3. The van der Waals surface area contributed by atoms with Gasteiger partial charge in [-0.3, -0.25) is 9.59 Å². The quantitative estimate of drug-likeness (QED) is 0.834. The normalized spacial score (nSPS) is 16.4. The molecule has 0 spiro atoms. The number of anilines is 1. The summed E-state index contributed by atoms with van der Waals surface area (Å²) in [5, 5.41) is 5.86. The van der Waals surface area contributed by atoms with E-state index in [1.54, 1.807) is 6.07 Å². The summed E-state index contributed by atoms with van der Waals surface area (Å²) in [6.45, 7) is 1.98. The molecule has 28 heavy (non-hydrogen) atoms. The minimum absolute atomic E-state index is 0.0274. The van der Waals surface area contributed by atoms with Crippen molar-refractivity contribution in [3.63, 3.8) is 0 Å². The van der Waals surface area contributed by atoms with Gasteiger partial charge in [-0.15, -0.1) is 0 Å². The SMILES string of the molecule is C[C@@H](NC(=O)COc1ccc2c(c1)CCC(=O)N2)c1ccc2c(c1)CCCC2. The standard InChI is InChI=1S/C23H26N2O3/c1-15(17-7-6-16-4-2-3-5-18(16)12-17)24-23(27)14-28-20-9-10-21-19(13-20)8-11-22(26)25-21/h6-7,9-10,12-13,15H,2-5,8,11,14H2,1H3,(H,24,27)(H,25,26)/t15-/m1/s1. The summed E-state index contributed by atoms with van der Waals surface area (Å²) < 4.78 is 5.66. The Bertz CT molecular complexity index is 907. The Morgan fingerprint density at radius 3 is 2.71 bits per heavy atom. The monoisotopic (exact) mass is 378 g/mol. The first-order chi connectivity index (χ1) is 13.6. The number of rotatable bonds is 5. The Kier molecular flexibility index (Phi) is 5.33. The van der Waals surface area contributed by atoms with Crippen LogP contribution >= 0.6 is 0 Å². The molecule has 0 bridgehead atoms. The third-order valence-electron chi connectivity index (χ3n) is 5.59. The number of ether oxygens (including phenoxy) is 1. The van der Waals surface area contributed by atoms with Crippen molar-refractivity contribution in [2.75, 3.05) is 11.9 Å². The van der Waals surface area contributed by atoms with E-state index in [2.05, 4.69) is 28.8 Å². The highest BCUT2D eigenvalue weighted by Crippen LogP contribution is 2.27. The van der Waals surface area contributed by atoms with Crippen LogP contribution in [0, 0.1) is 0 Å². The minimum Gasteiger partial charge on any atom is -0.484 e. The summed E-state index contributed by atoms with van der Waals surface area (Å²) in [5.74, 6) is 0.541. The van der Waals surface area contributed by atoms with Crippen molar-refractivity contribution in [2.45, 2.75) is 51.5 Å². The van der Waals surface area contributed by atoms with Gasteiger partial charge in [-0.05, 0) is 79.5 Å². The van der Waals surface area contributed by atoms with Crippen LogP contribution in [0.4, 0.5) is 5.69 Å². The number of hydrogen-bond acceptors (Lipinski definition) is 3. The summed E-state index contributed by atoms with van der Waals surface area (Å²) >= 11 is 0. The molecule has 0 radical (unpaired) electrons. The third kappa shape index (κ3) is 4.19. The van der Waals surface area contributed by atoms with Gasteiger partial charge in [-0.2, -0.15) is 0 Å². The van der Waals surface area contributed by atoms with Gasteiger partial charge in [0, 0.05) is 12.1 Å². The summed E-state index contributed by atoms with van der Waals surface area (Å²) in [6, 6.07) is 12.0.